The lowest BCUT2D eigenvalue weighted by Gasteiger charge is -2.37. The molecule has 1 aromatic rings. The number of amides is 2. The lowest BCUT2D eigenvalue weighted by Crippen LogP contribution is -2.54. The van der Waals surface area contributed by atoms with E-state index in [1.807, 2.05) is 44.0 Å². The molecular weight excluding hydrogens is 426 g/mol. The SMILES string of the molecule is CC(=O)OC[C@@H]1Cc2ccc(OCCNC(=O)OC(C)(C)C)cc2N(C)[C@@H](C(C)C)C(=O)N1. The van der Waals surface area contributed by atoms with Gasteiger partial charge in [-0.1, -0.05) is 19.9 Å². The Morgan fingerprint density at radius 1 is 1.27 bits per heavy atom. The number of carbonyl (C=O) groups excluding carboxylic acids is 3. The molecule has 9 nitrogen and oxygen atoms in total. The van der Waals surface area contributed by atoms with Crippen molar-refractivity contribution in [1.29, 1.82) is 0 Å². The largest absolute Gasteiger partial charge is 0.492 e. The molecule has 1 aliphatic rings. The van der Waals surface area contributed by atoms with Crippen LogP contribution in [0.1, 0.15) is 47.1 Å². The smallest absolute Gasteiger partial charge is 0.407 e. The van der Waals surface area contributed by atoms with Gasteiger partial charge in [-0.2, -0.15) is 0 Å². The standard InChI is InChI=1S/C24H37N3O6/c1-15(2)21-22(29)26-18(14-32-16(3)28)12-17-8-9-19(13-20(17)27(21)7)31-11-10-25-23(30)33-24(4,5)6/h8-9,13,15,18,21H,10-12,14H2,1-7H3,(H,25,30)(H,26,29)/t18-,21-/m0/s1. The van der Waals surface area contributed by atoms with E-state index >= 15 is 0 Å². The number of ether oxygens (including phenoxy) is 3. The van der Waals surface area contributed by atoms with Crippen LogP contribution in [0.3, 0.4) is 0 Å². The minimum atomic E-state index is -0.558. The maximum Gasteiger partial charge on any atom is 0.407 e. The van der Waals surface area contributed by atoms with Crippen LogP contribution in [-0.4, -0.2) is 62.5 Å². The molecule has 2 amide bonds. The second-order valence-corrected chi connectivity index (χ2v) is 9.58. The van der Waals surface area contributed by atoms with Gasteiger partial charge in [0, 0.05) is 25.7 Å². The molecule has 1 aliphatic heterocycles. The molecular formula is C24H37N3O6. The number of benzene rings is 1. The summed E-state index contributed by atoms with van der Waals surface area (Å²) in [7, 11) is 1.89. The molecule has 2 N–H and O–H groups in total. The molecule has 2 atom stereocenters. The number of fused-ring (bicyclic) bond motifs is 1. The highest BCUT2D eigenvalue weighted by Crippen LogP contribution is 2.31. The van der Waals surface area contributed by atoms with Crippen LogP contribution in [0.25, 0.3) is 0 Å². The average molecular weight is 464 g/mol. The molecule has 0 saturated carbocycles. The van der Waals surface area contributed by atoms with E-state index in [0.717, 1.165) is 11.3 Å². The zero-order chi connectivity index (χ0) is 24.8. The molecule has 1 heterocycles. The van der Waals surface area contributed by atoms with Crippen LogP contribution >= 0.6 is 0 Å². The van der Waals surface area contributed by atoms with Crippen molar-refractivity contribution in [3.8, 4) is 5.75 Å². The second kappa shape index (κ2) is 11.2. The summed E-state index contributed by atoms with van der Waals surface area (Å²) in [6.45, 7) is 11.4. The van der Waals surface area contributed by atoms with Gasteiger partial charge in [0.15, 0.2) is 0 Å². The van der Waals surface area contributed by atoms with Crippen molar-refractivity contribution in [3.05, 3.63) is 23.8 Å². The first-order valence-corrected chi connectivity index (χ1v) is 11.3. The Labute approximate surface area is 196 Å². The molecule has 2 rings (SSSR count). The van der Waals surface area contributed by atoms with E-state index in [4.69, 9.17) is 14.2 Å². The van der Waals surface area contributed by atoms with E-state index < -0.39 is 17.7 Å². The van der Waals surface area contributed by atoms with Gasteiger partial charge < -0.3 is 29.7 Å². The van der Waals surface area contributed by atoms with Gasteiger partial charge in [0.2, 0.25) is 5.91 Å². The number of anilines is 1. The maximum absolute atomic E-state index is 13.0. The van der Waals surface area contributed by atoms with Crippen LogP contribution in [0.2, 0.25) is 0 Å². The fraction of sp³-hybridized carbons (Fsp3) is 0.625. The number of nitrogens with zero attached hydrogens (tertiary/aromatic N) is 1. The van der Waals surface area contributed by atoms with Gasteiger partial charge in [0.25, 0.3) is 0 Å². The van der Waals surface area contributed by atoms with Gasteiger partial charge in [-0.25, -0.2) is 4.79 Å². The summed E-state index contributed by atoms with van der Waals surface area (Å²) < 4.78 is 16.2. The van der Waals surface area contributed by atoms with E-state index in [1.54, 1.807) is 20.8 Å². The van der Waals surface area contributed by atoms with Crippen molar-refractivity contribution >= 4 is 23.7 Å². The molecule has 33 heavy (non-hydrogen) atoms. The molecule has 0 saturated heterocycles. The van der Waals surface area contributed by atoms with E-state index in [9.17, 15) is 14.4 Å². The summed E-state index contributed by atoms with van der Waals surface area (Å²) in [6, 6.07) is 5.00. The normalized spacial score (nSPS) is 18.5. The molecule has 9 heteroatoms. The minimum absolute atomic E-state index is 0.0536. The number of hydrogen-bond acceptors (Lipinski definition) is 7. The summed E-state index contributed by atoms with van der Waals surface area (Å²) in [6.07, 6.45) is 0.0258. The van der Waals surface area contributed by atoms with Gasteiger partial charge in [0.05, 0.1) is 12.6 Å². The van der Waals surface area contributed by atoms with Gasteiger partial charge in [-0.15, -0.1) is 0 Å². The molecule has 0 radical (unpaired) electrons. The number of nitrogens with one attached hydrogen (secondary N) is 2. The van der Waals surface area contributed by atoms with Crippen molar-refractivity contribution in [2.45, 2.75) is 65.6 Å². The predicted molar refractivity (Wildman–Crippen MR) is 125 cm³/mol. The number of alkyl carbamates (subject to hydrolysis) is 1. The minimum Gasteiger partial charge on any atom is -0.492 e. The molecule has 0 fully saturated rings. The van der Waals surface area contributed by atoms with Crippen LogP contribution in [0.4, 0.5) is 10.5 Å². The van der Waals surface area contributed by atoms with Gasteiger partial charge in [0.1, 0.15) is 30.6 Å². The third kappa shape index (κ3) is 8.14. The van der Waals surface area contributed by atoms with Crippen LogP contribution in [-0.2, 0) is 25.5 Å². The van der Waals surface area contributed by atoms with Crippen molar-refractivity contribution in [1.82, 2.24) is 10.6 Å². The molecule has 184 valence electrons. The van der Waals surface area contributed by atoms with Gasteiger partial charge >= 0.3 is 12.1 Å². The Hall–Kier alpha value is -2.97. The van der Waals surface area contributed by atoms with Crippen LogP contribution in [0, 0.1) is 5.92 Å². The fourth-order valence-corrected chi connectivity index (χ4v) is 3.77. The van der Waals surface area contributed by atoms with Crippen molar-refractivity contribution in [2.24, 2.45) is 5.92 Å². The average Bonchev–Trinajstić information content (AvgIpc) is 2.67. The van der Waals surface area contributed by atoms with Crippen LogP contribution in [0.15, 0.2) is 18.2 Å². The van der Waals surface area contributed by atoms with Crippen LogP contribution in [0.5, 0.6) is 5.75 Å². The quantitative estimate of drug-likeness (QED) is 0.473. The van der Waals surface area contributed by atoms with Crippen molar-refractivity contribution < 1.29 is 28.6 Å². The summed E-state index contributed by atoms with van der Waals surface area (Å²) in [5, 5.41) is 5.68. The molecule has 0 unspecified atom stereocenters. The number of likely N-dealkylation sites (N-methyl/N-ethyl adjacent to an activating group) is 1. The first kappa shape index (κ1) is 26.3. The molecule has 0 spiro atoms. The zero-order valence-corrected chi connectivity index (χ0v) is 20.7. The maximum atomic E-state index is 13.0. The van der Waals surface area contributed by atoms with E-state index in [0.29, 0.717) is 18.7 Å². The van der Waals surface area contributed by atoms with Crippen LogP contribution < -0.4 is 20.3 Å². The monoisotopic (exact) mass is 463 g/mol. The van der Waals surface area contributed by atoms with E-state index in [2.05, 4.69) is 10.6 Å². The van der Waals surface area contributed by atoms with Gasteiger partial charge in [-0.05, 0) is 44.7 Å². The lowest BCUT2D eigenvalue weighted by molar-refractivity contribution is -0.142. The zero-order valence-electron chi connectivity index (χ0n) is 20.7. The Morgan fingerprint density at radius 3 is 2.58 bits per heavy atom. The third-order valence-electron chi connectivity index (χ3n) is 5.09. The lowest BCUT2D eigenvalue weighted by atomic mass is 9.95. The Kier molecular flexibility index (Phi) is 8.96. The highest BCUT2D eigenvalue weighted by atomic mass is 16.6. The Bertz CT molecular complexity index is 849. The first-order chi connectivity index (χ1) is 15.4. The number of esters is 1. The van der Waals surface area contributed by atoms with E-state index in [-0.39, 0.29) is 37.0 Å². The van der Waals surface area contributed by atoms with Gasteiger partial charge in [-0.3, -0.25) is 9.59 Å². The topological polar surface area (TPSA) is 106 Å². The second-order valence-electron chi connectivity index (χ2n) is 9.58. The summed E-state index contributed by atoms with van der Waals surface area (Å²) in [4.78, 5) is 38.0. The Morgan fingerprint density at radius 2 is 1.97 bits per heavy atom. The first-order valence-electron chi connectivity index (χ1n) is 11.3. The number of carbonyl (C=O) groups is 3. The molecule has 0 bridgehead atoms. The van der Waals surface area contributed by atoms with Crippen molar-refractivity contribution in [2.75, 3.05) is 31.7 Å². The summed E-state index contributed by atoms with van der Waals surface area (Å²) in [5.41, 5.74) is 1.34. The van der Waals surface area contributed by atoms with Crippen molar-refractivity contribution in [3.63, 3.8) is 0 Å². The summed E-state index contributed by atoms with van der Waals surface area (Å²) in [5.74, 6) is 0.195. The third-order valence-corrected chi connectivity index (χ3v) is 5.09. The number of hydrogen-bond donors (Lipinski definition) is 2. The highest BCUT2D eigenvalue weighted by Gasteiger charge is 2.33. The van der Waals surface area contributed by atoms with E-state index in [1.165, 1.54) is 6.92 Å². The molecule has 0 aliphatic carbocycles. The summed E-state index contributed by atoms with van der Waals surface area (Å²) >= 11 is 0. The Balaban J connectivity index is 2.14. The molecule has 0 aromatic heterocycles. The molecule has 1 aromatic carbocycles. The highest BCUT2D eigenvalue weighted by molar-refractivity contribution is 5.87. The fourth-order valence-electron chi connectivity index (χ4n) is 3.77. The predicted octanol–water partition coefficient (Wildman–Crippen LogP) is 2.65. The number of rotatable bonds is 7.